The molecule has 2 aliphatic rings. The Morgan fingerprint density at radius 1 is 1.08 bits per heavy atom. The molecular formula is C18H21N3O2S. The number of ether oxygens (including phenoxy) is 2. The molecule has 4 rings (SSSR count). The summed E-state index contributed by atoms with van der Waals surface area (Å²) in [5.74, 6) is 2.01. The van der Waals surface area contributed by atoms with Crippen molar-refractivity contribution in [3.05, 3.63) is 33.8 Å². The summed E-state index contributed by atoms with van der Waals surface area (Å²) < 4.78 is 15.2. The zero-order valence-corrected chi connectivity index (χ0v) is 15.0. The minimum absolute atomic E-state index is 0.348. The first kappa shape index (κ1) is 15.6. The summed E-state index contributed by atoms with van der Waals surface area (Å²) in [6.07, 6.45) is 4.85. The van der Waals surface area contributed by atoms with Crippen molar-refractivity contribution in [2.45, 2.75) is 44.6 Å². The Morgan fingerprint density at radius 3 is 2.54 bits per heavy atom. The van der Waals surface area contributed by atoms with Crippen molar-refractivity contribution < 1.29 is 9.47 Å². The maximum atomic E-state index is 5.54. The number of fused-ring (bicyclic) bond motifs is 3. The lowest BCUT2D eigenvalue weighted by molar-refractivity contribution is 0.349. The van der Waals surface area contributed by atoms with Gasteiger partial charge in [-0.1, -0.05) is 17.3 Å². The normalized spacial score (nSPS) is 22.4. The van der Waals surface area contributed by atoms with Crippen molar-refractivity contribution in [1.29, 1.82) is 0 Å². The van der Waals surface area contributed by atoms with Crippen molar-refractivity contribution in [3.8, 4) is 11.5 Å². The maximum absolute atomic E-state index is 5.54. The first-order valence-corrected chi connectivity index (χ1v) is 9.13. The van der Waals surface area contributed by atoms with Crippen LogP contribution in [0, 0.1) is 6.92 Å². The number of aromatic nitrogens is 2. The molecule has 24 heavy (non-hydrogen) atoms. The number of methoxy groups -OCH3 is 2. The molecule has 2 heterocycles. The minimum atomic E-state index is 0.348. The standard InChI is InChI=1S/C18H21N3O2S/c1-10-18(24-21-20-10)17-13-9-16(23-3)15(22-2)8-12(13)11-6-4-5-7-14(11)19-17/h8-9,11,14H,4-7H2,1-3H3/t11-,14-/m1/s1. The number of nitrogens with zero attached hydrogens (tertiary/aromatic N) is 3. The van der Waals surface area contributed by atoms with Crippen molar-refractivity contribution in [1.82, 2.24) is 9.59 Å². The van der Waals surface area contributed by atoms with Gasteiger partial charge in [-0.3, -0.25) is 4.99 Å². The zero-order valence-electron chi connectivity index (χ0n) is 14.2. The lowest BCUT2D eigenvalue weighted by Gasteiger charge is -2.35. The molecule has 1 saturated carbocycles. The monoisotopic (exact) mass is 343 g/mol. The fourth-order valence-electron chi connectivity index (χ4n) is 3.90. The molecule has 1 fully saturated rings. The van der Waals surface area contributed by atoms with Gasteiger partial charge in [0.1, 0.15) is 0 Å². The minimum Gasteiger partial charge on any atom is -0.493 e. The lowest BCUT2D eigenvalue weighted by atomic mass is 9.75. The highest BCUT2D eigenvalue weighted by molar-refractivity contribution is 7.08. The summed E-state index contributed by atoms with van der Waals surface area (Å²) >= 11 is 1.42. The van der Waals surface area contributed by atoms with Crippen LogP contribution >= 0.6 is 11.5 Å². The van der Waals surface area contributed by atoms with Gasteiger partial charge < -0.3 is 9.47 Å². The summed E-state index contributed by atoms with van der Waals surface area (Å²) in [5.41, 5.74) is 4.43. The van der Waals surface area contributed by atoms with Gasteiger partial charge in [-0.2, -0.15) is 0 Å². The van der Waals surface area contributed by atoms with E-state index in [1.807, 2.05) is 6.92 Å². The average molecular weight is 343 g/mol. The third-order valence-corrected chi connectivity index (χ3v) is 5.94. The van der Waals surface area contributed by atoms with Gasteiger partial charge in [0.2, 0.25) is 0 Å². The van der Waals surface area contributed by atoms with Crippen LogP contribution < -0.4 is 9.47 Å². The lowest BCUT2D eigenvalue weighted by Crippen LogP contribution is -2.29. The number of aliphatic imine (C=N–C) groups is 1. The first-order chi connectivity index (χ1) is 11.7. The summed E-state index contributed by atoms with van der Waals surface area (Å²) in [6, 6.07) is 4.56. The van der Waals surface area contributed by atoms with Crippen LogP contribution in [0.1, 0.15) is 53.3 Å². The predicted molar refractivity (Wildman–Crippen MR) is 94.8 cm³/mol. The first-order valence-electron chi connectivity index (χ1n) is 8.36. The highest BCUT2D eigenvalue weighted by Gasteiger charge is 2.35. The zero-order chi connectivity index (χ0) is 16.7. The molecule has 1 aromatic heterocycles. The Bertz CT molecular complexity index is 800. The van der Waals surface area contributed by atoms with Crippen molar-refractivity contribution in [2.24, 2.45) is 4.99 Å². The van der Waals surface area contributed by atoms with E-state index in [0.29, 0.717) is 12.0 Å². The maximum Gasteiger partial charge on any atom is 0.161 e. The average Bonchev–Trinajstić information content (AvgIpc) is 3.05. The summed E-state index contributed by atoms with van der Waals surface area (Å²) in [6.45, 7) is 1.99. The molecule has 0 spiro atoms. The second kappa shape index (κ2) is 6.16. The van der Waals surface area contributed by atoms with Crippen LogP contribution in [0.2, 0.25) is 0 Å². The molecular weight excluding hydrogens is 322 g/mol. The van der Waals surface area contributed by atoms with Gasteiger partial charge in [0.05, 0.1) is 36.5 Å². The number of aryl methyl sites for hydroxylation is 1. The number of benzene rings is 1. The van der Waals surface area contributed by atoms with E-state index >= 15 is 0 Å². The van der Waals surface area contributed by atoms with Gasteiger partial charge in [0, 0.05) is 11.5 Å². The molecule has 2 aromatic rings. The van der Waals surface area contributed by atoms with Gasteiger partial charge in [0.25, 0.3) is 0 Å². The highest BCUT2D eigenvalue weighted by Crippen LogP contribution is 2.45. The Kier molecular flexibility index (Phi) is 4.00. The molecule has 0 saturated heterocycles. The van der Waals surface area contributed by atoms with E-state index in [4.69, 9.17) is 14.5 Å². The van der Waals surface area contributed by atoms with Crippen LogP contribution in [0.3, 0.4) is 0 Å². The second-order valence-corrected chi connectivity index (χ2v) is 7.17. The third kappa shape index (κ3) is 2.40. The van der Waals surface area contributed by atoms with Gasteiger partial charge >= 0.3 is 0 Å². The topological polar surface area (TPSA) is 56.6 Å². The van der Waals surface area contributed by atoms with E-state index < -0.39 is 0 Å². The molecule has 126 valence electrons. The number of hydrogen-bond acceptors (Lipinski definition) is 6. The summed E-state index contributed by atoms with van der Waals surface area (Å²) in [5, 5.41) is 4.18. The van der Waals surface area contributed by atoms with Crippen LogP contribution in [0.4, 0.5) is 0 Å². The fraction of sp³-hybridized carbons (Fsp3) is 0.500. The van der Waals surface area contributed by atoms with E-state index in [-0.39, 0.29) is 0 Å². The van der Waals surface area contributed by atoms with Crippen LogP contribution in [0.25, 0.3) is 0 Å². The van der Waals surface area contributed by atoms with E-state index in [2.05, 4.69) is 21.7 Å². The third-order valence-electron chi connectivity index (χ3n) is 5.10. The molecule has 1 aromatic carbocycles. The van der Waals surface area contributed by atoms with Crippen LogP contribution in [-0.4, -0.2) is 35.6 Å². The van der Waals surface area contributed by atoms with E-state index in [9.17, 15) is 0 Å². The SMILES string of the molecule is COc1cc2c(cc1OC)[C@H]1CCCC[C@H]1N=C2c1snnc1C. The van der Waals surface area contributed by atoms with Crippen LogP contribution in [0.15, 0.2) is 17.1 Å². The molecule has 0 amide bonds. The van der Waals surface area contributed by atoms with Gasteiger partial charge in [0.15, 0.2) is 11.5 Å². The Balaban J connectivity index is 1.93. The Morgan fingerprint density at radius 2 is 1.83 bits per heavy atom. The van der Waals surface area contributed by atoms with Crippen LogP contribution in [0.5, 0.6) is 11.5 Å². The van der Waals surface area contributed by atoms with Crippen LogP contribution in [-0.2, 0) is 0 Å². The van der Waals surface area contributed by atoms with Crippen molar-refractivity contribution in [2.75, 3.05) is 14.2 Å². The Hall–Kier alpha value is -1.95. The molecule has 5 nitrogen and oxygen atoms in total. The quantitative estimate of drug-likeness (QED) is 0.852. The second-order valence-electron chi connectivity index (χ2n) is 6.42. The van der Waals surface area contributed by atoms with Gasteiger partial charge in [-0.15, -0.1) is 5.10 Å². The predicted octanol–water partition coefficient (Wildman–Crippen LogP) is 3.74. The fourth-order valence-corrected chi connectivity index (χ4v) is 4.57. The molecule has 0 unspecified atom stereocenters. The van der Waals surface area contributed by atoms with Gasteiger partial charge in [-0.05, 0) is 49.0 Å². The van der Waals surface area contributed by atoms with E-state index in [0.717, 1.165) is 39.8 Å². The largest absolute Gasteiger partial charge is 0.493 e. The summed E-state index contributed by atoms with van der Waals surface area (Å²) in [7, 11) is 3.37. The number of hydrogen-bond donors (Lipinski definition) is 0. The molecule has 0 radical (unpaired) electrons. The van der Waals surface area contributed by atoms with Gasteiger partial charge in [-0.25, -0.2) is 0 Å². The van der Waals surface area contributed by atoms with E-state index in [1.165, 1.54) is 36.4 Å². The molecule has 0 N–H and O–H groups in total. The Labute approximate surface area is 145 Å². The summed E-state index contributed by atoms with van der Waals surface area (Å²) in [4.78, 5) is 6.19. The molecule has 2 atom stereocenters. The van der Waals surface area contributed by atoms with Crippen molar-refractivity contribution in [3.63, 3.8) is 0 Å². The molecule has 1 aliphatic carbocycles. The van der Waals surface area contributed by atoms with E-state index in [1.54, 1.807) is 14.2 Å². The highest BCUT2D eigenvalue weighted by atomic mass is 32.1. The molecule has 1 aliphatic heterocycles. The smallest absolute Gasteiger partial charge is 0.161 e. The van der Waals surface area contributed by atoms with Crippen molar-refractivity contribution >= 4 is 17.2 Å². The molecule has 6 heteroatoms. The number of rotatable bonds is 3. The molecule has 0 bridgehead atoms.